The Hall–Kier alpha value is -2.79. The van der Waals surface area contributed by atoms with Gasteiger partial charge in [-0.3, -0.25) is 14.5 Å². The predicted octanol–water partition coefficient (Wildman–Crippen LogP) is 4.62. The number of ether oxygens (including phenoxy) is 1. The lowest BCUT2D eigenvalue weighted by molar-refractivity contribution is -0.118. The lowest BCUT2D eigenvalue weighted by Crippen LogP contribution is -2.31. The largest absolute Gasteiger partial charge is 0.503 e. The van der Waals surface area contributed by atoms with Crippen LogP contribution in [0.15, 0.2) is 59.9 Å². The van der Waals surface area contributed by atoms with Gasteiger partial charge in [-0.1, -0.05) is 36.7 Å². The molecule has 2 aromatic rings. The number of amides is 1. The van der Waals surface area contributed by atoms with Gasteiger partial charge >= 0.3 is 0 Å². The fraction of sp³-hybridized carbons (Fsp3) is 0.238. The average molecular weight is 386 g/mol. The number of carbonyl (C=O) groups excluding carboxylic acids is 2. The number of aliphatic hydroxyl groups excluding tert-OH is 1. The molecule has 1 heterocycles. The maximum Gasteiger partial charge on any atom is 0.294 e. The molecular weight excluding hydrogens is 366 g/mol. The standard InChI is InChI=1S/C21H20ClNO4/c1-3-17(24)18-19(13-8-10-16(11-9-13)27-4-2)23(21(26)20(18)25)15-7-5-6-14(22)12-15/h5-12,19,25H,3-4H2,1-2H3. The highest BCUT2D eigenvalue weighted by molar-refractivity contribution is 6.31. The van der Waals surface area contributed by atoms with Gasteiger partial charge in [0.25, 0.3) is 5.91 Å². The van der Waals surface area contributed by atoms with E-state index < -0.39 is 17.7 Å². The molecule has 2 aromatic carbocycles. The third-order valence-corrected chi connectivity index (χ3v) is 4.66. The molecule has 1 aliphatic heterocycles. The number of anilines is 1. The minimum absolute atomic E-state index is 0.103. The zero-order chi connectivity index (χ0) is 19.6. The van der Waals surface area contributed by atoms with Gasteiger partial charge in [0.05, 0.1) is 18.2 Å². The Kier molecular flexibility index (Phi) is 5.51. The van der Waals surface area contributed by atoms with E-state index >= 15 is 0 Å². The Morgan fingerprint density at radius 1 is 1.19 bits per heavy atom. The van der Waals surface area contributed by atoms with Crippen molar-refractivity contribution in [3.63, 3.8) is 0 Å². The van der Waals surface area contributed by atoms with Gasteiger partial charge in [0.1, 0.15) is 5.75 Å². The first-order valence-corrected chi connectivity index (χ1v) is 9.13. The summed E-state index contributed by atoms with van der Waals surface area (Å²) in [6, 6.07) is 13.2. The summed E-state index contributed by atoms with van der Waals surface area (Å²) < 4.78 is 5.46. The van der Waals surface area contributed by atoms with E-state index in [1.54, 1.807) is 55.5 Å². The van der Waals surface area contributed by atoms with Crippen LogP contribution in [0.4, 0.5) is 5.69 Å². The van der Waals surface area contributed by atoms with E-state index in [0.717, 1.165) is 0 Å². The minimum Gasteiger partial charge on any atom is -0.503 e. The molecule has 0 saturated carbocycles. The van der Waals surface area contributed by atoms with Crippen LogP contribution in [0.3, 0.4) is 0 Å². The summed E-state index contributed by atoms with van der Waals surface area (Å²) in [6.07, 6.45) is 0.184. The van der Waals surface area contributed by atoms with Crippen LogP contribution in [0.2, 0.25) is 5.02 Å². The first-order chi connectivity index (χ1) is 13.0. The summed E-state index contributed by atoms with van der Waals surface area (Å²) in [5.41, 5.74) is 1.32. The van der Waals surface area contributed by atoms with Gasteiger partial charge in [0.2, 0.25) is 0 Å². The van der Waals surface area contributed by atoms with Crippen LogP contribution in [0.1, 0.15) is 31.9 Å². The minimum atomic E-state index is -0.723. The van der Waals surface area contributed by atoms with Crippen molar-refractivity contribution in [2.75, 3.05) is 11.5 Å². The highest BCUT2D eigenvalue weighted by Crippen LogP contribution is 2.42. The number of benzene rings is 2. The van der Waals surface area contributed by atoms with E-state index in [9.17, 15) is 14.7 Å². The van der Waals surface area contributed by atoms with E-state index in [1.807, 2.05) is 6.92 Å². The highest BCUT2D eigenvalue weighted by Gasteiger charge is 2.43. The fourth-order valence-electron chi connectivity index (χ4n) is 3.20. The highest BCUT2D eigenvalue weighted by atomic mass is 35.5. The number of halogens is 1. The van der Waals surface area contributed by atoms with Crippen molar-refractivity contribution in [1.29, 1.82) is 0 Å². The van der Waals surface area contributed by atoms with Crippen LogP contribution >= 0.6 is 11.6 Å². The molecule has 3 rings (SSSR count). The molecule has 0 aliphatic carbocycles. The second-order valence-electron chi connectivity index (χ2n) is 6.10. The summed E-state index contributed by atoms with van der Waals surface area (Å²) in [6.45, 7) is 4.13. The van der Waals surface area contributed by atoms with E-state index in [0.29, 0.717) is 28.6 Å². The zero-order valence-corrected chi connectivity index (χ0v) is 15.9. The monoisotopic (exact) mass is 385 g/mol. The van der Waals surface area contributed by atoms with E-state index in [1.165, 1.54) is 4.90 Å². The molecule has 1 amide bonds. The number of hydrogen-bond acceptors (Lipinski definition) is 4. The fourth-order valence-corrected chi connectivity index (χ4v) is 3.39. The molecule has 0 spiro atoms. The maximum atomic E-state index is 12.8. The number of Topliss-reactive ketones (excluding diaryl/α,β-unsaturated/α-hetero) is 1. The maximum absolute atomic E-state index is 12.8. The van der Waals surface area contributed by atoms with Crippen LogP contribution in [-0.2, 0) is 9.59 Å². The Morgan fingerprint density at radius 3 is 2.48 bits per heavy atom. The molecule has 1 N–H and O–H groups in total. The molecule has 27 heavy (non-hydrogen) atoms. The predicted molar refractivity (Wildman–Crippen MR) is 104 cm³/mol. The molecule has 1 unspecified atom stereocenters. The van der Waals surface area contributed by atoms with Crippen molar-refractivity contribution in [1.82, 2.24) is 0 Å². The third kappa shape index (κ3) is 3.55. The van der Waals surface area contributed by atoms with Gasteiger partial charge < -0.3 is 9.84 Å². The van der Waals surface area contributed by atoms with Gasteiger partial charge in [0.15, 0.2) is 11.5 Å². The molecular formula is C21H20ClNO4. The number of aliphatic hydroxyl groups is 1. The summed E-state index contributed by atoms with van der Waals surface area (Å²) in [5, 5.41) is 10.9. The average Bonchev–Trinajstić information content (AvgIpc) is 2.93. The zero-order valence-electron chi connectivity index (χ0n) is 15.1. The van der Waals surface area contributed by atoms with Crippen molar-refractivity contribution in [3.05, 3.63) is 70.4 Å². The molecule has 1 atom stereocenters. The van der Waals surface area contributed by atoms with Crippen molar-refractivity contribution in [3.8, 4) is 5.75 Å². The van der Waals surface area contributed by atoms with Crippen LogP contribution in [0, 0.1) is 0 Å². The normalized spacial score (nSPS) is 16.8. The van der Waals surface area contributed by atoms with E-state index in [4.69, 9.17) is 16.3 Å². The smallest absolute Gasteiger partial charge is 0.294 e. The lowest BCUT2D eigenvalue weighted by Gasteiger charge is -2.27. The van der Waals surface area contributed by atoms with Gasteiger partial charge in [-0.25, -0.2) is 0 Å². The van der Waals surface area contributed by atoms with Gasteiger partial charge in [-0.15, -0.1) is 0 Å². The Balaban J connectivity index is 2.12. The lowest BCUT2D eigenvalue weighted by atomic mass is 9.95. The van der Waals surface area contributed by atoms with Crippen LogP contribution < -0.4 is 9.64 Å². The molecule has 0 aromatic heterocycles. The Morgan fingerprint density at radius 2 is 1.89 bits per heavy atom. The number of rotatable bonds is 6. The summed E-state index contributed by atoms with van der Waals surface area (Å²) >= 11 is 6.09. The SMILES string of the molecule is CCOc1ccc(C2C(C(=O)CC)=C(O)C(=O)N2c2cccc(Cl)c2)cc1. The molecule has 6 heteroatoms. The quantitative estimate of drug-likeness (QED) is 0.788. The molecule has 0 saturated heterocycles. The molecule has 1 aliphatic rings. The second-order valence-corrected chi connectivity index (χ2v) is 6.54. The molecule has 0 bridgehead atoms. The van der Waals surface area contributed by atoms with Crippen molar-refractivity contribution < 1.29 is 19.4 Å². The molecule has 140 valence electrons. The summed E-state index contributed by atoms with van der Waals surface area (Å²) in [5.74, 6) is -0.714. The van der Waals surface area contributed by atoms with Crippen molar-refractivity contribution in [2.24, 2.45) is 0 Å². The molecule has 5 nitrogen and oxygen atoms in total. The first kappa shape index (κ1) is 19.0. The van der Waals surface area contributed by atoms with E-state index in [-0.39, 0.29) is 17.8 Å². The summed E-state index contributed by atoms with van der Waals surface area (Å²) in [7, 11) is 0. The third-order valence-electron chi connectivity index (χ3n) is 4.42. The Labute approximate surface area is 162 Å². The first-order valence-electron chi connectivity index (χ1n) is 8.76. The topological polar surface area (TPSA) is 66.8 Å². The number of carbonyl (C=O) groups is 2. The Bertz CT molecular complexity index is 905. The number of hydrogen-bond donors (Lipinski definition) is 1. The van der Waals surface area contributed by atoms with Crippen LogP contribution in [-0.4, -0.2) is 23.4 Å². The van der Waals surface area contributed by atoms with Gasteiger partial charge in [-0.05, 0) is 42.8 Å². The van der Waals surface area contributed by atoms with Crippen LogP contribution in [0.25, 0.3) is 0 Å². The molecule has 0 radical (unpaired) electrons. The van der Waals surface area contributed by atoms with Gasteiger partial charge in [0, 0.05) is 17.1 Å². The summed E-state index contributed by atoms with van der Waals surface area (Å²) in [4.78, 5) is 26.7. The number of nitrogens with zero attached hydrogens (tertiary/aromatic N) is 1. The van der Waals surface area contributed by atoms with Crippen LogP contribution in [0.5, 0.6) is 5.75 Å². The molecule has 0 fully saturated rings. The van der Waals surface area contributed by atoms with E-state index in [2.05, 4.69) is 0 Å². The van der Waals surface area contributed by atoms with Crippen molar-refractivity contribution >= 4 is 29.0 Å². The van der Waals surface area contributed by atoms with Crippen molar-refractivity contribution in [2.45, 2.75) is 26.3 Å². The van der Waals surface area contributed by atoms with Gasteiger partial charge in [-0.2, -0.15) is 0 Å². The second kappa shape index (κ2) is 7.84. The number of ketones is 1.